The van der Waals surface area contributed by atoms with Crippen LogP contribution in [0.15, 0.2) is 18.3 Å². The number of amides is 2. The van der Waals surface area contributed by atoms with E-state index in [2.05, 4.69) is 15.6 Å². The molecule has 0 spiro atoms. The third kappa shape index (κ3) is 3.95. The Hall–Kier alpha value is -1.62. The van der Waals surface area contributed by atoms with Gasteiger partial charge in [0.2, 0.25) is 0 Å². The fraction of sp³-hybridized carbons (Fsp3) is 0.400. The number of nitrogens with one attached hydrogen (secondary N) is 2. The third-order valence-corrected chi connectivity index (χ3v) is 1.80. The molecule has 0 aliphatic rings. The van der Waals surface area contributed by atoms with Gasteiger partial charge in [0, 0.05) is 12.7 Å². The smallest absolute Gasteiger partial charge is 0.320 e. The molecule has 0 bridgehead atoms. The first-order valence-corrected chi connectivity index (χ1v) is 4.74. The normalized spacial score (nSPS) is 11.9. The van der Waals surface area contributed by atoms with E-state index in [-0.39, 0.29) is 12.6 Å². The summed E-state index contributed by atoms with van der Waals surface area (Å²) in [4.78, 5) is 15.3. The van der Waals surface area contributed by atoms with Crippen LogP contribution in [0.1, 0.15) is 12.5 Å². The highest BCUT2D eigenvalue weighted by Gasteiger charge is 2.05. The predicted molar refractivity (Wildman–Crippen MR) is 57.7 cm³/mol. The second kappa shape index (κ2) is 5.31. The summed E-state index contributed by atoms with van der Waals surface area (Å²) >= 11 is 0. The van der Waals surface area contributed by atoms with Gasteiger partial charge < -0.3 is 10.4 Å². The SMILES string of the molecule is Cc1cccnc1NC(=O)NC[C@@H](C)O. The number of carbonyl (C=O) groups excluding carboxylic acids is 1. The molecule has 1 aromatic rings. The molecular formula is C10H15N3O2. The average molecular weight is 209 g/mol. The molecular weight excluding hydrogens is 194 g/mol. The van der Waals surface area contributed by atoms with E-state index < -0.39 is 6.10 Å². The molecule has 5 heteroatoms. The molecule has 1 heterocycles. The van der Waals surface area contributed by atoms with Crippen LogP contribution in [-0.2, 0) is 0 Å². The van der Waals surface area contributed by atoms with Gasteiger partial charge in [-0.2, -0.15) is 0 Å². The number of rotatable bonds is 3. The second-order valence-corrected chi connectivity index (χ2v) is 3.35. The lowest BCUT2D eigenvalue weighted by molar-refractivity contribution is 0.190. The molecule has 3 N–H and O–H groups in total. The number of aromatic nitrogens is 1. The van der Waals surface area contributed by atoms with Crippen molar-refractivity contribution in [3.63, 3.8) is 0 Å². The molecule has 1 atom stereocenters. The van der Waals surface area contributed by atoms with Crippen molar-refractivity contribution in [2.75, 3.05) is 11.9 Å². The summed E-state index contributed by atoms with van der Waals surface area (Å²) in [6, 6.07) is 3.29. The van der Waals surface area contributed by atoms with Crippen molar-refractivity contribution in [2.45, 2.75) is 20.0 Å². The molecule has 0 fully saturated rings. The number of pyridine rings is 1. The van der Waals surface area contributed by atoms with E-state index in [4.69, 9.17) is 5.11 Å². The van der Waals surface area contributed by atoms with Crippen LogP contribution < -0.4 is 10.6 Å². The Kier molecular flexibility index (Phi) is 4.05. The average Bonchev–Trinajstić information content (AvgIpc) is 2.18. The first-order valence-electron chi connectivity index (χ1n) is 4.74. The Morgan fingerprint density at radius 3 is 3.00 bits per heavy atom. The summed E-state index contributed by atoms with van der Waals surface area (Å²) in [6.45, 7) is 3.68. The number of aryl methyl sites for hydroxylation is 1. The topological polar surface area (TPSA) is 74.2 Å². The maximum Gasteiger partial charge on any atom is 0.320 e. The fourth-order valence-electron chi connectivity index (χ4n) is 1.01. The lowest BCUT2D eigenvalue weighted by Crippen LogP contribution is -2.34. The number of anilines is 1. The Balaban J connectivity index is 2.48. The number of carbonyl (C=O) groups is 1. The van der Waals surface area contributed by atoms with Gasteiger partial charge >= 0.3 is 6.03 Å². The molecule has 0 aromatic carbocycles. The molecule has 0 aliphatic heterocycles. The van der Waals surface area contributed by atoms with Crippen LogP contribution >= 0.6 is 0 Å². The number of aliphatic hydroxyl groups excluding tert-OH is 1. The van der Waals surface area contributed by atoms with Crippen LogP contribution in [-0.4, -0.2) is 28.8 Å². The van der Waals surface area contributed by atoms with Gasteiger partial charge in [-0.25, -0.2) is 9.78 Å². The highest BCUT2D eigenvalue weighted by atomic mass is 16.3. The molecule has 82 valence electrons. The zero-order chi connectivity index (χ0) is 11.3. The summed E-state index contributed by atoms with van der Waals surface area (Å²) in [5.41, 5.74) is 0.893. The Morgan fingerprint density at radius 2 is 2.40 bits per heavy atom. The van der Waals surface area contributed by atoms with Crippen molar-refractivity contribution >= 4 is 11.8 Å². The quantitative estimate of drug-likeness (QED) is 0.692. The summed E-state index contributed by atoms with van der Waals surface area (Å²) in [6.07, 6.45) is 1.05. The summed E-state index contributed by atoms with van der Waals surface area (Å²) < 4.78 is 0. The van der Waals surface area contributed by atoms with Gasteiger partial charge in [0.15, 0.2) is 0 Å². The highest BCUT2D eigenvalue weighted by Crippen LogP contribution is 2.08. The number of aliphatic hydroxyl groups is 1. The molecule has 15 heavy (non-hydrogen) atoms. The first-order chi connectivity index (χ1) is 7.09. The molecule has 1 aromatic heterocycles. The van der Waals surface area contributed by atoms with Gasteiger partial charge in [0.05, 0.1) is 6.10 Å². The number of hydrogen-bond acceptors (Lipinski definition) is 3. The fourth-order valence-corrected chi connectivity index (χ4v) is 1.01. The molecule has 1 rings (SSSR count). The van der Waals surface area contributed by atoms with E-state index in [1.54, 1.807) is 19.2 Å². The molecule has 5 nitrogen and oxygen atoms in total. The van der Waals surface area contributed by atoms with Crippen molar-refractivity contribution in [2.24, 2.45) is 0 Å². The summed E-state index contributed by atoms with van der Waals surface area (Å²) in [7, 11) is 0. The minimum atomic E-state index is -0.555. The van der Waals surface area contributed by atoms with Crippen molar-refractivity contribution in [1.82, 2.24) is 10.3 Å². The van der Waals surface area contributed by atoms with Gasteiger partial charge in [-0.15, -0.1) is 0 Å². The van der Waals surface area contributed by atoms with Crippen molar-refractivity contribution in [3.8, 4) is 0 Å². The maximum absolute atomic E-state index is 11.3. The molecule has 2 amide bonds. The van der Waals surface area contributed by atoms with E-state index >= 15 is 0 Å². The number of nitrogens with zero attached hydrogens (tertiary/aromatic N) is 1. The van der Waals surface area contributed by atoms with Crippen LogP contribution in [0.4, 0.5) is 10.6 Å². The van der Waals surface area contributed by atoms with Crippen LogP contribution in [0.3, 0.4) is 0 Å². The minimum Gasteiger partial charge on any atom is -0.392 e. The van der Waals surface area contributed by atoms with Gasteiger partial charge in [-0.05, 0) is 25.5 Å². The number of urea groups is 1. The predicted octanol–water partition coefficient (Wildman–Crippen LogP) is 0.892. The van der Waals surface area contributed by atoms with Crippen molar-refractivity contribution in [1.29, 1.82) is 0 Å². The molecule has 0 saturated carbocycles. The van der Waals surface area contributed by atoms with Gasteiger partial charge in [-0.1, -0.05) is 6.07 Å². The van der Waals surface area contributed by atoms with Crippen LogP contribution in [0.25, 0.3) is 0 Å². The number of hydrogen-bond donors (Lipinski definition) is 3. The Bertz CT molecular complexity index is 339. The van der Waals surface area contributed by atoms with E-state index in [0.29, 0.717) is 5.82 Å². The zero-order valence-electron chi connectivity index (χ0n) is 8.82. The summed E-state index contributed by atoms with van der Waals surface area (Å²) in [5, 5.41) is 14.1. The largest absolute Gasteiger partial charge is 0.392 e. The van der Waals surface area contributed by atoms with Crippen LogP contribution in [0.5, 0.6) is 0 Å². The zero-order valence-corrected chi connectivity index (χ0v) is 8.82. The van der Waals surface area contributed by atoms with Crippen molar-refractivity contribution < 1.29 is 9.90 Å². The van der Waals surface area contributed by atoms with E-state index in [1.165, 1.54) is 0 Å². The Labute approximate surface area is 88.5 Å². The molecule has 0 aliphatic carbocycles. The van der Waals surface area contributed by atoms with Gasteiger partial charge in [0.25, 0.3) is 0 Å². The minimum absolute atomic E-state index is 0.220. The first kappa shape index (κ1) is 11.5. The highest BCUT2D eigenvalue weighted by molar-refractivity contribution is 5.88. The van der Waals surface area contributed by atoms with Crippen LogP contribution in [0.2, 0.25) is 0 Å². The van der Waals surface area contributed by atoms with Gasteiger partial charge in [-0.3, -0.25) is 5.32 Å². The second-order valence-electron chi connectivity index (χ2n) is 3.35. The molecule has 0 radical (unpaired) electrons. The van der Waals surface area contributed by atoms with Gasteiger partial charge in [0.1, 0.15) is 5.82 Å². The van der Waals surface area contributed by atoms with E-state index in [1.807, 2.05) is 13.0 Å². The Morgan fingerprint density at radius 1 is 1.67 bits per heavy atom. The van der Waals surface area contributed by atoms with Crippen molar-refractivity contribution in [3.05, 3.63) is 23.9 Å². The van der Waals surface area contributed by atoms with E-state index in [9.17, 15) is 4.79 Å². The van der Waals surface area contributed by atoms with Crippen LogP contribution in [0, 0.1) is 6.92 Å². The molecule has 0 unspecified atom stereocenters. The monoisotopic (exact) mass is 209 g/mol. The molecule has 0 saturated heterocycles. The lowest BCUT2D eigenvalue weighted by Gasteiger charge is -2.09. The maximum atomic E-state index is 11.3. The van der Waals surface area contributed by atoms with E-state index in [0.717, 1.165) is 5.56 Å². The summed E-state index contributed by atoms with van der Waals surface area (Å²) in [5.74, 6) is 0.528. The standard InChI is InChI=1S/C10H15N3O2/c1-7-4-3-5-11-9(7)13-10(15)12-6-8(2)14/h3-5,8,14H,6H2,1-2H3,(H2,11,12,13,15)/t8-/m1/s1. The third-order valence-electron chi connectivity index (χ3n) is 1.80. The lowest BCUT2D eigenvalue weighted by atomic mass is 10.3.